The Morgan fingerprint density at radius 2 is 2.07 bits per heavy atom. The van der Waals surface area contributed by atoms with Crippen LogP contribution in [0.3, 0.4) is 0 Å². The highest BCUT2D eigenvalue weighted by Gasteiger charge is 2.18. The SMILES string of the molecule is CCOc1cc(C=CC(=O)OCc2nc3ccccc3n2C(F)F)cc(Cl)c1OC. The van der Waals surface area contributed by atoms with E-state index < -0.39 is 19.1 Å². The van der Waals surface area contributed by atoms with Crippen LogP contribution >= 0.6 is 11.6 Å². The number of carbonyl (C=O) groups excluding carboxylic acids is 1. The summed E-state index contributed by atoms with van der Waals surface area (Å²) in [6.07, 6.45) is 2.65. The highest BCUT2D eigenvalue weighted by molar-refractivity contribution is 6.32. The van der Waals surface area contributed by atoms with Crippen molar-refractivity contribution in [2.24, 2.45) is 0 Å². The van der Waals surface area contributed by atoms with E-state index in [-0.39, 0.29) is 11.3 Å². The van der Waals surface area contributed by atoms with Crippen molar-refractivity contribution < 1.29 is 27.8 Å². The van der Waals surface area contributed by atoms with Gasteiger partial charge in [0.15, 0.2) is 17.3 Å². The van der Waals surface area contributed by atoms with Crippen LogP contribution < -0.4 is 9.47 Å². The number of rotatable bonds is 8. The van der Waals surface area contributed by atoms with E-state index in [0.717, 1.165) is 4.57 Å². The molecule has 0 spiro atoms. The Labute approximate surface area is 176 Å². The number of halogens is 3. The molecule has 158 valence electrons. The van der Waals surface area contributed by atoms with Gasteiger partial charge in [-0.25, -0.2) is 9.78 Å². The third kappa shape index (κ3) is 4.71. The van der Waals surface area contributed by atoms with Crippen molar-refractivity contribution in [2.45, 2.75) is 20.1 Å². The molecule has 0 aliphatic rings. The second-order valence-electron chi connectivity index (χ2n) is 6.07. The number of hydrogen-bond acceptors (Lipinski definition) is 5. The lowest BCUT2D eigenvalue weighted by Crippen LogP contribution is -2.09. The van der Waals surface area contributed by atoms with Crippen LogP contribution in [0.15, 0.2) is 42.5 Å². The van der Waals surface area contributed by atoms with E-state index in [9.17, 15) is 13.6 Å². The van der Waals surface area contributed by atoms with Crippen LogP contribution in [0.5, 0.6) is 11.5 Å². The third-order valence-corrected chi connectivity index (χ3v) is 4.44. The Kier molecular flexibility index (Phi) is 6.89. The molecule has 0 saturated carbocycles. The predicted octanol–water partition coefficient (Wildman–Crippen LogP) is 5.25. The standard InChI is InChI=1S/C21H19ClF2N2O4/c1-3-29-17-11-13(10-14(22)20(17)28-2)8-9-19(27)30-12-18-25-15-6-4-5-7-16(15)26(18)21(23)24/h4-11,21H,3,12H2,1-2H3. The van der Waals surface area contributed by atoms with Crippen LogP contribution in [0.4, 0.5) is 8.78 Å². The summed E-state index contributed by atoms with van der Waals surface area (Å²) in [6.45, 7) is -0.969. The average molecular weight is 437 g/mol. The molecule has 3 aromatic rings. The molecular weight excluding hydrogens is 418 g/mol. The summed E-state index contributed by atoms with van der Waals surface area (Å²) < 4.78 is 43.4. The van der Waals surface area contributed by atoms with Crippen molar-refractivity contribution in [3.63, 3.8) is 0 Å². The molecule has 0 bridgehead atoms. The van der Waals surface area contributed by atoms with Gasteiger partial charge < -0.3 is 14.2 Å². The van der Waals surface area contributed by atoms with Crippen molar-refractivity contribution in [3.05, 3.63) is 58.9 Å². The fraction of sp³-hybridized carbons (Fsp3) is 0.238. The van der Waals surface area contributed by atoms with Crippen molar-refractivity contribution in [1.29, 1.82) is 0 Å². The van der Waals surface area contributed by atoms with Crippen molar-refractivity contribution in [2.75, 3.05) is 13.7 Å². The van der Waals surface area contributed by atoms with Gasteiger partial charge >= 0.3 is 12.5 Å². The minimum absolute atomic E-state index is 0.0425. The van der Waals surface area contributed by atoms with Gasteiger partial charge in [-0.05, 0) is 42.8 Å². The van der Waals surface area contributed by atoms with Crippen molar-refractivity contribution in [1.82, 2.24) is 9.55 Å². The molecule has 0 aliphatic carbocycles. The summed E-state index contributed by atoms with van der Waals surface area (Å²) >= 11 is 6.18. The van der Waals surface area contributed by atoms with Crippen LogP contribution in [-0.2, 0) is 16.1 Å². The summed E-state index contributed by atoms with van der Waals surface area (Å²) in [6, 6.07) is 9.74. The first kappa shape index (κ1) is 21.6. The van der Waals surface area contributed by atoms with E-state index in [2.05, 4.69) is 4.98 Å². The monoisotopic (exact) mass is 436 g/mol. The van der Waals surface area contributed by atoms with Gasteiger partial charge in [0.1, 0.15) is 6.61 Å². The molecule has 0 N–H and O–H groups in total. The number of esters is 1. The molecule has 0 fully saturated rings. The molecular formula is C21H19ClF2N2O4. The Morgan fingerprint density at radius 3 is 2.77 bits per heavy atom. The highest BCUT2D eigenvalue weighted by Crippen LogP contribution is 2.36. The minimum atomic E-state index is -2.81. The number of aromatic nitrogens is 2. The fourth-order valence-corrected chi connectivity index (χ4v) is 3.20. The van der Waals surface area contributed by atoms with E-state index in [4.69, 9.17) is 25.8 Å². The van der Waals surface area contributed by atoms with Gasteiger partial charge in [-0.2, -0.15) is 8.78 Å². The number of benzene rings is 2. The van der Waals surface area contributed by atoms with Crippen LogP contribution in [0.25, 0.3) is 17.1 Å². The topological polar surface area (TPSA) is 62.6 Å². The van der Waals surface area contributed by atoms with E-state index >= 15 is 0 Å². The molecule has 3 rings (SSSR count). The van der Waals surface area contributed by atoms with Crippen molar-refractivity contribution >= 4 is 34.7 Å². The maximum absolute atomic E-state index is 13.4. The lowest BCUT2D eigenvalue weighted by Gasteiger charge is -2.11. The van der Waals surface area contributed by atoms with Crippen LogP contribution in [0, 0.1) is 0 Å². The Morgan fingerprint density at radius 1 is 1.30 bits per heavy atom. The first-order valence-corrected chi connectivity index (χ1v) is 9.41. The third-order valence-electron chi connectivity index (χ3n) is 4.16. The molecule has 1 heterocycles. The largest absolute Gasteiger partial charge is 0.491 e. The number of methoxy groups -OCH3 is 1. The zero-order valence-corrected chi connectivity index (χ0v) is 17.0. The smallest absolute Gasteiger partial charge is 0.331 e. The van der Waals surface area contributed by atoms with E-state index in [1.807, 2.05) is 6.92 Å². The van der Waals surface area contributed by atoms with Gasteiger partial charge in [-0.1, -0.05) is 23.7 Å². The number of nitrogens with zero attached hydrogens (tertiary/aromatic N) is 2. The molecule has 2 aromatic carbocycles. The molecule has 9 heteroatoms. The van der Waals surface area contributed by atoms with Crippen LogP contribution in [0.2, 0.25) is 5.02 Å². The number of alkyl halides is 2. The normalized spacial score (nSPS) is 11.4. The molecule has 0 amide bonds. The summed E-state index contributed by atoms with van der Waals surface area (Å²) in [5.74, 6) is 0.0714. The predicted molar refractivity (Wildman–Crippen MR) is 109 cm³/mol. The minimum Gasteiger partial charge on any atom is -0.491 e. The Hall–Kier alpha value is -3.13. The first-order valence-electron chi connectivity index (χ1n) is 9.03. The van der Waals surface area contributed by atoms with Gasteiger partial charge in [0, 0.05) is 6.08 Å². The second-order valence-corrected chi connectivity index (χ2v) is 6.48. The zero-order valence-electron chi connectivity index (χ0n) is 16.3. The van der Waals surface area contributed by atoms with Crippen LogP contribution in [-0.4, -0.2) is 29.2 Å². The fourth-order valence-electron chi connectivity index (χ4n) is 2.91. The van der Waals surface area contributed by atoms with Gasteiger partial charge in [0.2, 0.25) is 0 Å². The summed E-state index contributed by atoms with van der Waals surface area (Å²) in [7, 11) is 1.48. The number of fused-ring (bicyclic) bond motifs is 1. The zero-order chi connectivity index (χ0) is 21.7. The Bertz CT molecular complexity index is 1080. The molecule has 0 saturated heterocycles. The van der Waals surface area contributed by atoms with E-state index in [1.165, 1.54) is 25.3 Å². The Balaban J connectivity index is 1.73. The molecule has 0 radical (unpaired) electrons. The second kappa shape index (κ2) is 9.58. The lowest BCUT2D eigenvalue weighted by atomic mass is 10.2. The van der Waals surface area contributed by atoms with Gasteiger partial charge in [0.05, 0.1) is 29.8 Å². The molecule has 1 aromatic heterocycles. The average Bonchev–Trinajstić information content (AvgIpc) is 3.09. The quantitative estimate of drug-likeness (QED) is 0.356. The maximum atomic E-state index is 13.4. The number of imidazole rings is 1. The molecule has 0 unspecified atom stereocenters. The van der Waals surface area contributed by atoms with Crippen LogP contribution in [0.1, 0.15) is 24.9 Å². The summed E-state index contributed by atoms with van der Waals surface area (Å²) in [4.78, 5) is 16.2. The number of carbonyl (C=O) groups is 1. The van der Waals surface area contributed by atoms with Gasteiger partial charge in [-0.3, -0.25) is 4.57 Å². The lowest BCUT2D eigenvalue weighted by molar-refractivity contribution is -0.139. The maximum Gasteiger partial charge on any atom is 0.331 e. The van der Waals surface area contributed by atoms with E-state index in [0.29, 0.717) is 34.2 Å². The number of para-hydroxylation sites is 2. The van der Waals surface area contributed by atoms with E-state index in [1.54, 1.807) is 30.3 Å². The van der Waals surface area contributed by atoms with Gasteiger partial charge in [0.25, 0.3) is 0 Å². The summed E-state index contributed by atoms with van der Waals surface area (Å²) in [5.41, 5.74) is 1.25. The molecule has 30 heavy (non-hydrogen) atoms. The summed E-state index contributed by atoms with van der Waals surface area (Å²) in [5, 5.41) is 0.321. The van der Waals surface area contributed by atoms with Gasteiger partial charge in [-0.15, -0.1) is 0 Å². The number of hydrogen-bond donors (Lipinski definition) is 0. The number of ether oxygens (including phenoxy) is 3. The highest BCUT2D eigenvalue weighted by atomic mass is 35.5. The first-order chi connectivity index (χ1) is 14.4. The molecule has 6 nitrogen and oxygen atoms in total. The molecule has 0 aliphatic heterocycles. The van der Waals surface area contributed by atoms with Crippen molar-refractivity contribution in [3.8, 4) is 11.5 Å². The molecule has 0 atom stereocenters.